The van der Waals surface area contributed by atoms with Gasteiger partial charge in [0.15, 0.2) is 0 Å². The summed E-state index contributed by atoms with van der Waals surface area (Å²) in [6.07, 6.45) is 0. The summed E-state index contributed by atoms with van der Waals surface area (Å²) in [5, 5.41) is 9.53. The molecule has 0 radical (unpaired) electrons. The van der Waals surface area contributed by atoms with Gasteiger partial charge in [-0.1, -0.05) is 29.8 Å². The predicted octanol–water partition coefficient (Wildman–Crippen LogP) is 4.45. The maximum absolute atomic E-state index is 13.9. The van der Waals surface area contributed by atoms with Crippen molar-refractivity contribution in [2.75, 3.05) is 6.61 Å². The molecule has 0 saturated heterocycles. The molecule has 1 amide bonds. The Balaban J connectivity index is 1.78. The highest BCUT2D eigenvalue weighted by molar-refractivity contribution is 7.90. The van der Waals surface area contributed by atoms with E-state index in [2.05, 4.69) is 37.6 Å². The molecule has 0 aliphatic carbocycles. The maximum atomic E-state index is 13.9. The zero-order valence-corrected chi connectivity index (χ0v) is 22.1. The fraction of sp³-hybridized carbons (Fsp3) is 0.321. The lowest BCUT2D eigenvalue weighted by atomic mass is 9.89. The van der Waals surface area contributed by atoms with E-state index in [9.17, 15) is 18.3 Å². The number of hydrogen-bond acceptors (Lipinski definition) is 6. The second-order valence-corrected chi connectivity index (χ2v) is 11.1. The van der Waals surface area contributed by atoms with Crippen molar-refractivity contribution in [2.24, 2.45) is 0 Å². The van der Waals surface area contributed by atoms with E-state index in [1.165, 1.54) is 24.3 Å². The summed E-state index contributed by atoms with van der Waals surface area (Å²) in [5.74, 6) is -0.0175. The van der Waals surface area contributed by atoms with Crippen molar-refractivity contribution in [1.82, 2.24) is 9.62 Å². The quantitative estimate of drug-likeness (QED) is 0.490. The van der Waals surface area contributed by atoms with Gasteiger partial charge in [-0.3, -0.25) is 9.69 Å². The molecular weight excluding hydrogens is 476 g/mol. The lowest BCUT2D eigenvalue weighted by Gasteiger charge is -2.35. The van der Waals surface area contributed by atoms with E-state index in [0.29, 0.717) is 31.0 Å². The van der Waals surface area contributed by atoms with Gasteiger partial charge in [-0.25, -0.2) is 13.1 Å². The van der Waals surface area contributed by atoms with Gasteiger partial charge in [0.2, 0.25) is 0 Å². The lowest BCUT2D eigenvalue weighted by Crippen LogP contribution is -2.52. The third-order valence-corrected chi connectivity index (χ3v) is 8.29. The molecule has 36 heavy (non-hydrogen) atoms. The molecule has 1 heterocycles. The molecule has 2 N–H and O–H groups in total. The summed E-state index contributed by atoms with van der Waals surface area (Å²) in [6, 6.07) is 14.9. The molecule has 3 aromatic rings. The van der Waals surface area contributed by atoms with Crippen molar-refractivity contribution in [2.45, 2.75) is 58.1 Å². The normalized spacial score (nSPS) is 17.6. The first kappa shape index (κ1) is 25.7. The van der Waals surface area contributed by atoms with E-state index >= 15 is 0 Å². The predicted molar refractivity (Wildman–Crippen MR) is 138 cm³/mol. The Morgan fingerprint density at radius 2 is 1.72 bits per heavy atom. The third kappa shape index (κ3) is 4.58. The first-order chi connectivity index (χ1) is 17.0. The summed E-state index contributed by atoms with van der Waals surface area (Å²) in [6.45, 7) is 11.2. The van der Waals surface area contributed by atoms with Crippen LogP contribution in [0.4, 0.5) is 0 Å². The van der Waals surface area contributed by atoms with Gasteiger partial charge in [-0.15, -0.1) is 0 Å². The number of fused-ring (bicyclic) bond motifs is 1. The Morgan fingerprint density at radius 3 is 2.33 bits per heavy atom. The standard InChI is InChI=1S/C28H32N2O5S/c1-6-35-26-9-7-8-25-24(26)17-30(16-23-19(3)14-18(2)15-20(23)4)28(25,5)27(32)29-36(33,34)22-12-10-21(31)11-13-22/h7-15,31H,6,16-17H2,1-5H3,(H,29,32). The van der Waals surface area contributed by atoms with E-state index in [1.54, 1.807) is 6.92 Å². The van der Waals surface area contributed by atoms with E-state index < -0.39 is 21.5 Å². The molecule has 4 rings (SSSR count). The highest BCUT2D eigenvalue weighted by Crippen LogP contribution is 2.44. The van der Waals surface area contributed by atoms with Crippen LogP contribution in [0.2, 0.25) is 0 Å². The number of carbonyl (C=O) groups excluding carboxylic acids is 1. The number of amides is 1. The summed E-state index contributed by atoms with van der Waals surface area (Å²) in [4.78, 5) is 15.8. The van der Waals surface area contributed by atoms with Gasteiger partial charge in [-0.2, -0.15) is 0 Å². The smallest absolute Gasteiger partial charge is 0.264 e. The minimum atomic E-state index is -4.16. The van der Waals surface area contributed by atoms with Gasteiger partial charge in [0.1, 0.15) is 17.0 Å². The number of ether oxygens (including phenoxy) is 1. The molecule has 1 unspecified atom stereocenters. The van der Waals surface area contributed by atoms with Crippen LogP contribution in [0.1, 0.15) is 47.2 Å². The number of nitrogens with zero attached hydrogens (tertiary/aromatic N) is 1. The molecule has 0 aromatic heterocycles. The summed E-state index contributed by atoms with van der Waals surface area (Å²) in [5.41, 5.74) is 4.83. The fourth-order valence-corrected chi connectivity index (χ4v) is 6.09. The molecule has 3 aromatic carbocycles. The minimum Gasteiger partial charge on any atom is -0.508 e. The second kappa shape index (κ2) is 9.59. The Kier molecular flexibility index (Phi) is 6.86. The van der Waals surface area contributed by atoms with Crippen LogP contribution in [0, 0.1) is 20.8 Å². The van der Waals surface area contributed by atoms with E-state index in [-0.39, 0.29) is 10.6 Å². The van der Waals surface area contributed by atoms with Crippen LogP contribution in [0.5, 0.6) is 11.5 Å². The average molecular weight is 509 g/mol. The third-order valence-electron chi connectivity index (χ3n) is 6.94. The van der Waals surface area contributed by atoms with Crippen molar-refractivity contribution in [3.05, 3.63) is 88.0 Å². The largest absolute Gasteiger partial charge is 0.508 e. The van der Waals surface area contributed by atoms with Crippen LogP contribution in [0.25, 0.3) is 0 Å². The van der Waals surface area contributed by atoms with Crippen LogP contribution >= 0.6 is 0 Å². The van der Waals surface area contributed by atoms with Gasteiger partial charge in [0, 0.05) is 18.7 Å². The Labute approximate surface area is 212 Å². The number of phenolic OH excluding ortho intramolecular Hbond substituents is 1. The highest BCUT2D eigenvalue weighted by atomic mass is 32.2. The van der Waals surface area contributed by atoms with Crippen LogP contribution in [0.3, 0.4) is 0 Å². The van der Waals surface area contributed by atoms with E-state index in [1.807, 2.05) is 30.0 Å². The molecule has 1 aliphatic rings. The first-order valence-electron chi connectivity index (χ1n) is 11.9. The lowest BCUT2D eigenvalue weighted by molar-refractivity contribution is -0.131. The first-order valence-corrected chi connectivity index (χ1v) is 13.4. The molecule has 0 saturated carbocycles. The van der Waals surface area contributed by atoms with E-state index in [0.717, 1.165) is 27.8 Å². The van der Waals surface area contributed by atoms with Gasteiger partial charge in [0.05, 0.1) is 11.5 Å². The van der Waals surface area contributed by atoms with Crippen molar-refractivity contribution in [3.63, 3.8) is 0 Å². The second-order valence-electron chi connectivity index (χ2n) is 9.45. The minimum absolute atomic E-state index is 0.0598. The van der Waals surface area contributed by atoms with Gasteiger partial charge < -0.3 is 9.84 Å². The molecule has 1 atom stereocenters. The van der Waals surface area contributed by atoms with Gasteiger partial charge >= 0.3 is 0 Å². The zero-order valence-electron chi connectivity index (χ0n) is 21.3. The average Bonchev–Trinajstić information content (AvgIpc) is 3.10. The monoisotopic (exact) mass is 508 g/mol. The van der Waals surface area contributed by atoms with Gasteiger partial charge in [-0.05, 0) is 87.2 Å². The molecule has 7 nitrogen and oxygen atoms in total. The van der Waals surface area contributed by atoms with E-state index in [4.69, 9.17) is 4.74 Å². The Morgan fingerprint density at radius 1 is 1.08 bits per heavy atom. The van der Waals surface area contributed by atoms with Gasteiger partial charge in [0.25, 0.3) is 15.9 Å². The number of nitrogens with one attached hydrogen (secondary N) is 1. The molecule has 8 heteroatoms. The number of sulfonamides is 1. The topological polar surface area (TPSA) is 95.9 Å². The zero-order chi connectivity index (χ0) is 26.3. The number of carbonyl (C=O) groups is 1. The summed E-state index contributed by atoms with van der Waals surface area (Å²) < 4.78 is 34.3. The number of benzene rings is 3. The SMILES string of the molecule is CCOc1cccc2c1CN(Cc1c(C)cc(C)cc1C)C2(C)C(=O)NS(=O)(=O)c1ccc(O)cc1. The number of phenols is 1. The highest BCUT2D eigenvalue weighted by Gasteiger charge is 2.49. The van der Waals surface area contributed by atoms with Crippen LogP contribution in [-0.2, 0) is 33.4 Å². The molecule has 190 valence electrons. The number of aromatic hydroxyl groups is 1. The number of rotatable bonds is 7. The van der Waals surface area contributed by atoms with Crippen LogP contribution in [-0.4, -0.2) is 30.9 Å². The van der Waals surface area contributed by atoms with Crippen LogP contribution < -0.4 is 9.46 Å². The molecule has 1 aliphatic heterocycles. The molecule has 0 bridgehead atoms. The summed E-state index contributed by atoms with van der Waals surface area (Å²) in [7, 11) is -4.16. The number of hydrogen-bond donors (Lipinski definition) is 2. The van der Waals surface area contributed by atoms with Crippen LogP contribution in [0.15, 0.2) is 59.5 Å². The molecular formula is C28H32N2O5S. The van der Waals surface area contributed by atoms with Crippen molar-refractivity contribution >= 4 is 15.9 Å². The fourth-order valence-electron chi connectivity index (χ4n) is 5.03. The van der Waals surface area contributed by atoms with Crippen molar-refractivity contribution in [1.29, 1.82) is 0 Å². The molecule has 0 spiro atoms. The Bertz CT molecular complexity index is 1390. The molecule has 0 fully saturated rings. The maximum Gasteiger partial charge on any atom is 0.264 e. The van der Waals surface area contributed by atoms with Crippen molar-refractivity contribution in [3.8, 4) is 11.5 Å². The summed E-state index contributed by atoms with van der Waals surface area (Å²) >= 11 is 0. The van der Waals surface area contributed by atoms with Crippen molar-refractivity contribution < 1.29 is 23.1 Å². The number of aryl methyl sites for hydroxylation is 3. The Hall–Kier alpha value is -3.36.